The third-order valence-corrected chi connectivity index (χ3v) is 3.97. The van der Waals surface area contributed by atoms with Crippen molar-refractivity contribution in [2.45, 2.75) is 37.8 Å². The predicted octanol–water partition coefficient (Wildman–Crippen LogP) is 1.35. The molecule has 7 heteroatoms. The van der Waals surface area contributed by atoms with E-state index in [2.05, 4.69) is 20.3 Å². The number of nitrogens with one attached hydrogen (secondary N) is 1. The molecule has 2 aromatic heterocycles. The molecule has 0 saturated heterocycles. The van der Waals surface area contributed by atoms with E-state index in [0.29, 0.717) is 17.6 Å². The lowest BCUT2D eigenvalue weighted by Gasteiger charge is -2.28. The molecule has 0 bridgehead atoms. The summed E-state index contributed by atoms with van der Waals surface area (Å²) in [5, 5.41) is 3.03. The van der Waals surface area contributed by atoms with Crippen LogP contribution in [0.2, 0.25) is 0 Å². The van der Waals surface area contributed by atoms with Crippen molar-refractivity contribution in [2.75, 3.05) is 7.11 Å². The molecule has 2 heterocycles. The lowest BCUT2D eigenvalue weighted by atomic mass is 9.93. The highest BCUT2D eigenvalue weighted by atomic mass is 16.5. The largest absolute Gasteiger partial charge is 0.381 e. The first-order valence-corrected chi connectivity index (χ1v) is 7.40. The van der Waals surface area contributed by atoms with Crippen LogP contribution in [0.25, 0.3) is 5.82 Å². The van der Waals surface area contributed by atoms with Crippen LogP contribution in [0.15, 0.2) is 31.1 Å². The zero-order valence-electron chi connectivity index (χ0n) is 12.5. The van der Waals surface area contributed by atoms with Gasteiger partial charge in [-0.15, -0.1) is 0 Å². The normalized spacial score (nSPS) is 21.5. The summed E-state index contributed by atoms with van der Waals surface area (Å²) in [6.07, 6.45) is 12.2. The first-order valence-electron chi connectivity index (χ1n) is 7.40. The third-order valence-electron chi connectivity index (χ3n) is 3.97. The van der Waals surface area contributed by atoms with Gasteiger partial charge in [-0.1, -0.05) is 0 Å². The molecule has 0 unspecified atom stereocenters. The molecule has 1 amide bonds. The number of amides is 1. The second-order valence-corrected chi connectivity index (χ2v) is 5.42. The molecule has 1 fully saturated rings. The molecule has 1 aliphatic carbocycles. The van der Waals surface area contributed by atoms with Crippen molar-refractivity contribution < 1.29 is 9.53 Å². The lowest BCUT2D eigenvalue weighted by molar-refractivity contribution is 0.0598. The standard InChI is InChI=1S/C15H19N5O2/c1-22-12-4-2-11(3-5-12)18-15(21)13-8-17-9-14(19-13)20-7-6-16-10-20/h6-12H,2-5H2,1H3,(H,18,21). The van der Waals surface area contributed by atoms with E-state index in [1.54, 1.807) is 36.6 Å². The summed E-state index contributed by atoms with van der Waals surface area (Å²) in [7, 11) is 1.74. The number of carbonyl (C=O) groups is 1. The molecular formula is C15H19N5O2. The van der Waals surface area contributed by atoms with E-state index in [4.69, 9.17) is 4.74 Å². The van der Waals surface area contributed by atoms with Gasteiger partial charge in [-0.3, -0.25) is 14.3 Å². The Morgan fingerprint density at radius 2 is 2.09 bits per heavy atom. The number of aromatic nitrogens is 4. The van der Waals surface area contributed by atoms with Gasteiger partial charge in [0.2, 0.25) is 0 Å². The average Bonchev–Trinajstić information content (AvgIpc) is 3.10. The summed E-state index contributed by atoms with van der Waals surface area (Å²) in [6, 6.07) is 0.178. The molecule has 1 N–H and O–H groups in total. The van der Waals surface area contributed by atoms with E-state index >= 15 is 0 Å². The maximum atomic E-state index is 12.3. The Hall–Kier alpha value is -2.28. The Morgan fingerprint density at radius 1 is 1.27 bits per heavy atom. The molecule has 3 rings (SSSR count). The number of hydrogen-bond acceptors (Lipinski definition) is 5. The van der Waals surface area contributed by atoms with Crippen molar-refractivity contribution in [1.82, 2.24) is 24.8 Å². The number of ether oxygens (including phenoxy) is 1. The van der Waals surface area contributed by atoms with Crippen LogP contribution in [0.5, 0.6) is 0 Å². The van der Waals surface area contributed by atoms with Gasteiger partial charge in [-0.2, -0.15) is 0 Å². The molecule has 116 valence electrons. The smallest absolute Gasteiger partial charge is 0.271 e. The number of methoxy groups -OCH3 is 1. The lowest BCUT2D eigenvalue weighted by Crippen LogP contribution is -2.39. The summed E-state index contributed by atoms with van der Waals surface area (Å²) in [4.78, 5) is 24.7. The van der Waals surface area contributed by atoms with Gasteiger partial charge in [0.25, 0.3) is 5.91 Å². The minimum atomic E-state index is -0.185. The minimum absolute atomic E-state index is 0.178. The fraction of sp³-hybridized carbons (Fsp3) is 0.467. The molecule has 2 aromatic rings. The van der Waals surface area contributed by atoms with Crippen LogP contribution in [0.1, 0.15) is 36.2 Å². The van der Waals surface area contributed by atoms with Crippen molar-refractivity contribution in [1.29, 1.82) is 0 Å². The van der Waals surface area contributed by atoms with Crippen molar-refractivity contribution in [3.8, 4) is 5.82 Å². The number of carbonyl (C=O) groups excluding carboxylic acids is 1. The fourth-order valence-electron chi connectivity index (χ4n) is 2.69. The number of hydrogen-bond donors (Lipinski definition) is 1. The van der Waals surface area contributed by atoms with Crippen LogP contribution in [0, 0.1) is 0 Å². The van der Waals surface area contributed by atoms with Gasteiger partial charge >= 0.3 is 0 Å². The van der Waals surface area contributed by atoms with E-state index in [-0.39, 0.29) is 11.9 Å². The first-order chi connectivity index (χ1) is 10.8. The van der Waals surface area contributed by atoms with Crippen LogP contribution in [0.3, 0.4) is 0 Å². The zero-order chi connectivity index (χ0) is 15.4. The zero-order valence-corrected chi connectivity index (χ0v) is 12.5. The maximum Gasteiger partial charge on any atom is 0.271 e. The number of nitrogens with zero attached hydrogens (tertiary/aromatic N) is 4. The van der Waals surface area contributed by atoms with Crippen LogP contribution < -0.4 is 5.32 Å². The Labute approximate surface area is 128 Å². The van der Waals surface area contributed by atoms with E-state index in [1.165, 1.54) is 6.20 Å². The highest BCUT2D eigenvalue weighted by Gasteiger charge is 2.23. The molecule has 1 aliphatic rings. The summed E-state index contributed by atoms with van der Waals surface area (Å²) in [5.41, 5.74) is 0.320. The summed E-state index contributed by atoms with van der Waals surface area (Å²) in [5.74, 6) is 0.392. The van der Waals surface area contributed by atoms with Crippen LogP contribution >= 0.6 is 0 Å². The van der Waals surface area contributed by atoms with Crippen LogP contribution in [0.4, 0.5) is 0 Å². The van der Waals surface area contributed by atoms with Crippen molar-refractivity contribution in [3.63, 3.8) is 0 Å². The van der Waals surface area contributed by atoms with Crippen molar-refractivity contribution in [3.05, 3.63) is 36.8 Å². The summed E-state index contributed by atoms with van der Waals surface area (Å²) < 4.78 is 7.06. The summed E-state index contributed by atoms with van der Waals surface area (Å²) >= 11 is 0. The Kier molecular flexibility index (Phi) is 4.43. The van der Waals surface area contributed by atoms with E-state index in [0.717, 1.165) is 25.7 Å². The molecule has 0 aliphatic heterocycles. The highest BCUT2D eigenvalue weighted by Crippen LogP contribution is 2.20. The van der Waals surface area contributed by atoms with E-state index in [9.17, 15) is 4.79 Å². The fourth-order valence-corrected chi connectivity index (χ4v) is 2.69. The molecule has 7 nitrogen and oxygen atoms in total. The third kappa shape index (κ3) is 3.30. The molecule has 22 heavy (non-hydrogen) atoms. The first kappa shape index (κ1) is 14.6. The average molecular weight is 301 g/mol. The Bertz CT molecular complexity index is 621. The second kappa shape index (κ2) is 6.65. The molecule has 0 radical (unpaired) electrons. The van der Waals surface area contributed by atoms with Gasteiger partial charge < -0.3 is 10.1 Å². The van der Waals surface area contributed by atoms with Gasteiger partial charge in [0.05, 0.1) is 18.5 Å². The van der Waals surface area contributed by atoms with Crippen LogP contribution in [-0.2, 0) is 4.74 Å². The van der Waals surface area contributed by atoms with E-state index < -0.39 is 0 Å². The SMILES string of the molecule is COC1CCC(NC(=O)c2cncc(-n3ccnc3)n2)CC1. The minimum Gasteiger partial charge on any atom is -0.381 e. The van der Waals surface area contributed by atoms with Crippen LogP contribution in [-0.4, -0.2) is 44.7 Å². The van der Waals surface area contributed by atoms with Gasteiger partial charge in [0.1, 0.15) is 12.0 Å². The number of rotatable bonds is 4. The van der Waals surface area contributed by atoms with Gasteiger partial charge in [-0.25, -0.2) is 9.97 Å². The quantitative estimate of drug-likeness (QED) is 0.922. The monoisotopic (exact) mass is 301 g/mol. The van der Waals surface area contributed by atoms with Gasteiger partial charge in [-0.05, 0) is 25.7 Å². The maximum absolute atomic E-state index is 12.3. The molecule has 0 spiro atoms. The Morgan fingerprint density at radius 3 is 2.77 bits per heavy atom. The molecule has 1 saturated carbocycles. The van der Waals surface area contributed by atoms with Gasteiger partial charge in [0.15, 0.2) is 5.82 Å². The molecule has 0 atom stereocenters. The van der Waals surface area contributed by atoms with Crippen molar-refractivity contribution in [2.24, 2.45) is 0 Å². The summed E-state index contributed by atoms with van der Waals surface area (Å²) in [6.45, 7) is 0. The highest BCUT2D eigenvalue weighted by molar-refractivity contribution is 5.92. The predicted molar refractivity (Wildman–Crippen MR) is 79.7 cm³/mol. The number of imidazole rings is 1. The Balaban J connectivity index is 1.64. The molecular weight excluding hydrogens is 282 g/mol. The topological polar surface area (TPSA) is 81.9 Å². The molecule has 0 aromatic carbocycles. The van der Waals surface area contributed by atoms with E-state index in [1.807, 2.05) is 0 Å². The van der Waals surface area contributed by atoms with Gasteiger partial charge in [0, 0.05) is 25.5 Å². The van der Waals surface area contributed by atoms with Crippen molar-refractivity contribution >= 4 is 5.91 Å². The second-order valence-electron chi connectivity index (χ2n) is 5.42.